The summed E-state index contributed by atoms with van der Waals surface area (Å²) in [5, 5.41) is -0.0351. The van der Waals surface area contributed by atoms with Crippen molar-refractivity contribution in [3.8, 4) is 0 Å². The predicted octanol–water partition coefficient (Wildman–Crippen LogP) is 5.12. The fraction of sp³-hybridized carbons (Fsp3) is 0.333. The zero-order chi connectivity index (χ0) is 13.4. The zero-order valence-electron chi connectivity index (χ0n) is 11.5. The number of halogens is 1. The van der Waals surface area contributed by atoms with Crippen LogP contribution in [0.5, 0.6) is 0 Å². The van der Waals surface area contributed by atoms with E-state index in [0.29, 0.717) is 0 Å². The van der Waals surface area contributed by atoms with E-state index in [1.54, 1.807) is 0 Å². The lowest BCUT2D eigenvalue weighted by molar-refractivity contribution is 0.911. The van der Waals surface area contributed by atoms with E-state index in [1.165, 1.54) is 52.6 Å². The SMILES string of the molecule is Cc1cccc(C)c1C(Cl)c1ccc2c(c1)CCC2. The van der Waals surface area contributed by atoms with E-state index in [4.69, 9.17) is 11.6 Å². The number of hydrogen-bond donors (Lipinski definition) is 0. The number of aryl methyl sites for hydroxylation is 4. The number of benzene rings is 2. The molecular formula is C18H19Cl. The first-order chi connectivity index (χ1) is 9.16. The van der Waals surface area contributed by atoms with E-state index in [0.717, 1.165) is 0 Å². The van der Waals surface area contributed by atoms with Crippen LogP contribution in [-0.2, 0) is 12.8 Å². The highest BCUT2D eigenvalue weighted by Gasteiger charge is 2.18. The molecule has 19 heavy (non-hydrogen) atoms. The van der Waals surface area contributed by atoms with Gasteiger partial charge in [0.2, 0.25) is 0 Å². The molecule has 1 unspecified atom stereocenters. The highest BCUT2D eigenvalue weighted by atomic mass is 35.5. The minimum absolute atomic E-state index is 0.0351. The van der Waals surface area contributed by atoms with E-state index in [2.05, 4.69) is 50.2 Å². The Bertz CT molecular complexity index is 593. The lowest BCUT2D eigenvalue weighted by Gasteiger charge is -2.17. The first-order valence-corrected chi connectivity index (χ1v) is 7.42. The Morgan fingerprint density at radius 2 is 1.63 bits per heavy atom. The normalized spacial score (nSPS) is 15.3. The van der Waals surface area contributed by atoms with Gasteiger partial charge in [-0.25, -0.2) is 0 Å². The van der Waals surface area contributed by atoms with Gasteiger partial charge in [-0.3, -0.25) is 0 Å². The molecule has 0 N–H and O–H groups in total. The third-order valence-corrected chi connectivity index (χ3v) is 4.68. The van der Waals surface area contributed by atoms with E-state index >= 15 is 0 Å². The van der Waals surface area contributed by atoms with Gasteiger partial charge >= 0.3 is 0 Å². The lowest BCUT2D eigenvalue weighted by Crippen LogP contribution is -2.00. The molecule has 0 amide bonds. The average molecular weight is 271 g/mol. The summed E-state index contributed by atoms with van der Waals surface area (Å²) in [7, 11) is 0. The molecule has 98 valence electrons. The van der Waals surface area contributed by atoms with E-state index in [-0.39, 0.29) is 5.38 Å². The van der Waals surface area contributed by atoms with Gasteiger partial charge in [0.05, 0.1) is 5.38 Å². The smallest absolute Gasteiger partial charge is 0.0840 e. The molecule has 3 rings (SSSR count). The monoisotopic (exact) mass is 270 g/mol. The third-order valence-electron chi connectivity index (χ3n) is 4.21. The molecule has 2 aromatic carbocycles. The van der Waals surface area contributed by atoms with Crippen LogP contribution in [0.3, 0.4) is 0 Å². The molecule has 1 atom stereocenters. The quantitative estimate of drug-likeness (QED) is 0.665. The maximum absolute atomic E-state index is 6.74. The van der Waals surface area contributed by atoms with Crippen LogP contribution in [-0.4, -0.2) is 0 Å². The second-order valence-corrected chi connectivity index (χ2v) is 5.99. The Morgan fingerprint density at radius 1 is 0.947 bits per heavy atom. The molecule has 1 aliphatic carbocycles. The second kappa shape index (κ2) is 5.02. The van der Waals surface area contributed by atoms with Gasteiger partial charge in [0.15, 0.2) is 0 Å². The largest absolute Gasteiger partial charge is 0.113 e. The Labute approximate surface area is 120 Å². The number of fused-ring (bicyclic) bond motifs is 1. The van der Waals surface area contributed by atoms with Crippen molar-refractivity contribution in [2.45, 2.75) is 38.5 Å². The van der Waals surface area contributed by atoms with Crippen LogP contribution in [0.15, 0.2) is 36.4 Å². The van der Waals surface area contributed by atoms with E-state index in [1.807, 2.05) is 0 Å². The zero-order valence-corrected chi connectivity index (χ0v) is 12.3. The summed E-state index contributed by atoms with van der Waals surface area (Å²) in [4.78, 5) is 0. The third kappa shape index (κ3) is 2.30. The maximum atomic E-state index is 6.74. The molecule has 0 aromatic heterocycles. The molecule has 0 saturated carbocycles. The molecule has 2 aromatic rings. The van der Waals surface area contributed by atoms with Gasteiger partial charge in [-0.15, -0.1) is 11.6 Å². The van der Waals surface area contributed by atoms with E-state index in [9.17, 15) is 0 Å². The van der Waals surface area contributed by atoms with E-state index < -0.39 is 0 Å². The van der Waals surface area contributed by atoms with Gasteiger partial charge in [-0.05, 0) is 66.5 Å². The summed E-state index contributed by atoms with van der Waals surface area (Å²) in [6.45, 7) is 4.29. The summed E-state index contributed by atoms with van der Waals surface area (Å²) in [5.41, 5.74) is 8.06. The van der Waals surface area contributed by atoms with Crippen molar-refractivity contribution in [1.82, 2.24) is 0 Å². The van der Waals surface area contributed by atoms with Crippen molar-refractivity contribution in [2.75, 3.05) is 0 Å². The van der Waals surface area contributed by atoms with Crippen LogP contribution >= 0.6 is 11.6 Å². The lowest BCUT2D eigenvalue weighted by atomic mass is 9.94. The Kier molecular flexibility index (Phi) is 3.36. The fourth-order valence-corrected chi connectivity index (χ4v) is 3.62. The summed E-state index contributed by atoms with van der Waals surface area (Å²) < 4.78 is 0. The molecule has 1 aliphatic rings. The molecule has 0 heterocycles. The highest BCUT2D eigenvalue weighted by molar-refractivity contribution is 6.22. The average Bonchev–Trinajstić information content (AvgIpc) is 2.85. The summed E-state index contributed by atoms with van der Waals surface area (Å²) in [5.74, 6) is 0. The van der Waals surface area contributed by atoms with Crippen LogP contribution < -0.4 is 0 Å². The van der Waals surface area contributed by atoms with Crippen molar-refractivity contribution in [2.24, 2.45) is 0 Å². The molecule has 0 spiro atoms. The summed E-state index contributed by atoms with van der Waals surface area (Å²) in [6, 6.07) is 13.2. The van der Waals surface area contributed by atoms with Gasteiger partial charge in [-0.1, -0.05) is 36.4 Å². The summed E-state index contributed by atoms with van der Waals surface area (Å²) >= 11 is 6.74. The number of hydrogen-bond acceptors (Lipinski definition) is 0. The van der Waals surface area contributed by atoms with Gasteiger partial charge in [-0.2, -0.15) is 0 Å². The molecule has 1 heteroatoms. The van der Waals surface area contributed by atoms with Crippen molar-refractivity contribution in [1.29, 1.82) is 0 Å². The van der Waals surface area contributed by atoms with Crippen molar-refractivity contribution >= 4 is 11.6 Å². The van der Waals surface area contributed by atoms with Crippen molar-refractivity contribution < 1.29 is 0 Å². The number of rotatable bonds is 2. The van der Waals surface area contributed by atoms with Crippen molar-refractivity contribution in [3.63, 3.8) is 0 Å². The first-order valence-electron chi connectivity index (χ1n) is 6.98. The minimum Gasteiger partial charge on any atom is -0.113 e. The Balaban J connectivity index is 2.02. The number of alkyl halides is 1. The van der Waals surface area contributed by atoms with Gasteiger partial charge in [0.25, 0.3) is 0 Å². The molecule has 0 nitrogen and oxygen atoms in total. The topological polar surface area (TPSA) is 0 Å². The summed E-state index contributed by atoms with van der Waals surface area (Å²) in [6.07, 6.45) is 3.72. The first kappa shape index (κ1) is 12.7. The molecule has 0 bridgehead atoms. The van der Waals surface area contributed by atoms with Crippen LogP contribution in [0, 0.1) is 13.8 Å². The maximum Gasteiger partial charge on any atom is 0.0840 e. The highest BCUT2D eigenvalue weighted by Crippen LogP contribution is 2.35. The minimum atomic E-state index is -0.0351. The van der Waals surface area contributed by atoms with Gasteiger partial charge in [0, 0.05) is 0 Å². The Hall–Kier alpha value is -1.27. The standard InChI is InChI=1S/C18H19Cl/c1-12-5-3-6-13(2)17(12)18(19)16-10-9-14-7-4-8-15(14)11-16/h3,5-6,9-11,18H,4,7-8H2,1-2H3. The van der Waals surface area contributed by atoms with Gasteiger partial charge in [0.1, 0.15) is 0 Å². The molecule has 0 fully saturated rings. The molecular weight excluding hydrogens is 252 g/mol. The molecule has 0 saturated heterocycles. The predicted molar refractivity (Wildman–Crippen MR) is 82.1 cm³/mol. The second-order valence-electron chi connectivity index (χ2n) is 5.55. The van der Waals surface area contributed by atoms with Crippen LogP contribution in [0.1, 0.15) is 45.2 Å². The van der Waals surface area contributed by atoms with Gasteiger partial charge < -0.3 is 0 Å². The molecule has 0 radical (unpaired) electrons. The molecule has 0 aliphatic heterocycles. The fourth-order valence-electron chi connectivity index (χ4n) is 3.14. The van der Waals surface area contributed by atoms with Crippen LogP contribution in [0.4, 0.5) is 0 Å². The Morgan fingerprint density at radius 3 is 2.37 bits per heavy atom. The van der Waals surface area contributed by atoms with Crippen LogP contribution in [0.25, 0.3) is 0 Å². The van der Waals surface area contributed by atoms with Crippen molar-refractivity contribution in [3.05, 3.63) is 69.8 Å². The van der Waals surface area contributed by atoms with Crippen LogP contribution in [0.2, 0.25) is 0 Å².